The first-order valence-corrected chi connectivity index (χ1v) is 7.85. The van der Waals surface area contributed by atoms with Crippen molar-refractivity contribution < 1.29 is 24.6 Å². The zero-order valence-corrected chi connectivity index (χ0v) is 13.4. The van der Waals surface area contributed by atoms with Gasteiger partial charge < -0.3 is 20.4 Å². The Hall–Kier alpha value is -1.63. The van der Waals surface area contributed by atoms with Gasteiger partial charge in [-0.1, -0.05) is 27.2 Å². The summed E-state index contributed by atoms with van der Waals surface area (Å²) in [7, 11) is 0. The van der Waals surface area contributed by atoms with Gasteiger partial charge in [0.25, 0.3) is 0 Å². The largest absolute Gasteiger partial charge is 0.480 e. The summed E-state index contributed by atoms with van der Waals surface area (Å²) in [4.78, 5) is 37.1. The Morgan fingerprint density at radius 1 is 1.27 bits per heavy atom. The second-order valence-electron chi connectivity index (χ2n) is 5.82. The number of hydrogen-bond donors (Lipinski definition) is 3. The van der Waals surface area contributed by atoms with E-state index in [1.54, 1.807) is 6.92 Å². The van der Waals surface area contributed by atoms with E-state index in [4.69, 9.17) is 0 Å². The lowest BCUT2D eigenvalue weighted by Gasteiger charge is -2.30. The van der Waals surface area contributed by atoms with E-state index < -0.39 is 30.1 Å². The number of aliphatic carboxylic acids is 1. The summed E-state index contributed by atoms with van der Waals surface area (Å²) >= 11 is 0. The number of carboxylic acids is 1. The molecule has 1 fully saturated rings. The quantitative estimate of drug-likeness (QED) is 0.629. The fourth-order valence-electron chi connectivity index (χ4n) is 2.58. The Kier molecular flexibility index (Phi) is 6.80. The van der Waals surface area contributed by atoms with Gasteiger partial charge in [-0.15, -0.1) is 0 Å². The number of rotatable bonds is 7. The van der Waals surface area contributed by atoms with E-state index in [0.717, 1.165) is 0 Å². The van der Waals surface area contributed by atoms with Crippen LogP contribution in [0.5, 0.6) is 0 Å². The number of aliphatic hydroxyl groups is 1. The standard InChI is InChI=1S/C15H26N2O5/c1-4-9(3)12(16-13(19)11(18)5-2)14(20)17-8-6-7-10(17)15(21)22/h9-12,18H,4-8H2,1-3H3,(H,16,19)(H,21,22)/t9-,10-,11?,12-/m0/s1. The van der Waals surface area contributed by atoms with Crippen LogP contribution in [0, 0.1) is 5.92 Å². The smallest absolute Gasteiger partial charge is 0.326 e. The molecule has 126 valence electrons. The van der Waals surface area contributed by atoms with Gasteiger partial charge in [-0.3, -0.25) is 9.59 Å². The van der Waals surface area contributed by atoms with Crippen molar-refractivity contribution in [2.24, 2.45) is 5.92 Å². The van der Waals surface area contributed by atoms with E-state index in [0.29, 0.717) is 25.8 Å². The highest BCUT2D eigenvalue weighted by Crippen LogP contribution is 2.21. The van der Waals surface area contributed by atoms with Gasteiger partial charge in [0.15, 0.2) is 0 Å². The Bertz CT molecular complexity index is 426. The van der Waals surface area contributed by atoms with Crippen LogP contribution in [0.3, 0.4) is 0 Å². The van der Waals surface area contributed by atoms with Gasteiger partial charge in [-0.05, 0) is 25.2 Å². The first-order chi connectivity index (χ1) is 10.3. The van der Waals surface area contributed by atoms with Crippen LogP contribution in [0.4, 0.5) is 0 Å². The normalized spacial score (nSPS) is 22.0. The number of hydrogen-bond acceptors (Lipinski definition) is 4. The fraction of sp³-hybridized carbons (Fsp3) is 0.800. The second kappa shape index (κ2) is 8.12. The average molecular weight is 314 g/mol. The Morgan fingerprint density at radius 3 is 2.41 bits per heavy atom. The maximum Gasteiger partial charge on any atom is 0.326 e. The van der Waals surface area contributed by atoms with E-state index in [2.05, 4.69) is 5.32 Å². The molecule has 0 aromatic carbocycles. The SMILES string of the molecule is CCC(O)C(=O)N[C@H](C(=O)N1CCC[C@H]1C(=O)O)[C@@H](C)CC. The zero-order valence-electron chi connectivity index (χ0n) is 13.4. The average Bonchev–Trinajstić information content (AvgIpc) is 2.99. The number of aliphatic hydroxyl groups excluding tert-OH is 1. The first kappa shape index (κ1) is 18.4. The molecule has 0 bridgehead atoms. The van der Waals surface area contributed by atoms with Crippen molar-refractivity contribution in [2.75, 3.05) is 6.54 Å². The van der Waals surface area contributed by atoms with E-state index >= 15 is 0 Å². The molecule has 0 saturated carbocycles. The number of nitrogens with one attached hydrogen (secondary N) is 1. The summed E-state index contributed by atoms with van der Waals surface area (Å²) in [6.07, 6.45) is 0.828. The van der Waals surface area contributed by atoms with Gasteiger partial charge >= 0.3 is 5.97 Å². The number of nitrogens with zero attached hydrogens (tertiary/aromatic N) is 1. The second-order valence-corrected chi connectivity index (χ2v) is 5.82. The molecular formula is C15H26N2O5. The molecule has 4 atom stereocenters. The van der Waals surface area contributed by atoms with Crippen molar-refractivity contribution >= 4 is 17.8 Å². The Balaban J connectivity index is 2.89. The lowest BCUT2D eigenvalue weighted by molar-refractivity contribution is -0.150. The molecule has 0 radical (unpaired) electrons. The molecule has 1 unspecified atom stereocenters. The third-order valence-electron chi connectivity index (χ3n) is 4.29. The number of carbonyl (C=O) groups is 3. The van der Waals surface area contributed by atoms with Crippen LogP contribution >= 0.6 is 0 Å². The number of carbonyl (C=O) groups excluding carboxylic acids is 2. The molecule has 1 aliphatic heterocycles. The van der Waals surface area contributed by atoms with Crippen LogP contribution in [0.15, 0.2) is 0 Å². The summed E-state index contributed by atoms with van der Waals surface area (Å²) < 4.78 is 0. The van der Waals surface area contributed by atoms with Crippen molar-refractivity contribution in [3.8, 4) is 0 Å². The molecule has 0 spiro atoms. The Labute approximate surface area is 130 Å². The van der Waals surface area contributed by atoms with Gasteiger partial charge in [0.05, 0.1) is 0 Å². The van der Waals surface area contributed by atoms with Crippen LogP contribution in [-0.4, -0.2) is 57.6 Å². The number of carboxylic acid groups (broad SMARTS) is 1. The lowest BCUT2D eigenvalue weighted by atomic mass is 9.97. The molecule has 0 aliphatic carbocycles. The number of amides is 2. The van der Waals surface area contributed by atoms with Crippen molar-refractivity contribution in [3.63, 3.8) is 0 Å². The van der Waals surface area contributed by atoms with Gasteiger partial charge in [0, 0.05) is 6.54 Å². The summed E-state index contributed by atoms with van der Waals surface area (Å²) in [5, 5.41) is 21.4. The van der Waals surface area contributed by atoms with E-state index in [1.165, 1.54) is 4.90 Å². The van der Waals surface area contributed by atoms with Gasteiger partial charge in [0.2, 0.25) is 11.8 Å². The van der Waals surface area contributed by atoms with E-state index in [1.807, 2.05) is 13.8 Å². The topological polar surface area (TPSA) is 107 Å². The molecule has 2 amide bonds. The molecule has 1 saturated heterocycles. The molecule has 7 heteroatoms. The molecule has 1 aliphatic rings. The highest BCUT2D eigenvalue weighted by Gasteiger charge is 2.39. The van der Waals surface area contributed by atoms with Crippen LogP contribution in [0.2, 0.25) is 0 Å². The monoisotopic (exact) mass is 314 g/mol. The van der Waals surface area contributed by atoms with Crippen molar-refractivity contribution in [1.29, 1.82) is 0 Å². The van der Waals surface area contributed by atoms with E-state index in [-0.39, 0.29) is 18.2 Å². The number of likely N-dealkylation sites (tertiary alicyclic amines) is 1. The van der Waals surface area contributed by atoms with Gasteiger partial charge in [0.1, 0.15) is 18.2 Å². The highest BCUT2D eigenvalue weighted by molar-refractivity contribution is 5.92. The minimum Gasteiger partial charge on any atom is -0.480 e. The van der Waals surface area contributed by atoms with Gasteiger partial charge in [-0.25, -0.2) is 4.79 Å². The van der Waals surface area contributed by atoms with Gasteiger partial charge in [-0.2, -0.15) is 0 Å². The summed E-state index contributed by atoms with van der Waals surface area (Å²) in [5.74, 6) is -2.13. The van der Waals surface area contributed by atoms with Crippen molar-refractivity contribution in [3.05, 3.63) is 0 Å². The molecule has 22 heavy (non-hydrogen) atoms. The lowest BCUT2D eigenvalue weighted by Crippen LogP contribution is -2.55. The van der Waals surface area contributed by atoms with Crippen LogP contribution in [-0.2, 0) is 14.4 Å². The predicted octanol–water partition coefficient (Wildman–Crippen LogP) is 0.364. The molecule has 3 N–H and O–H groups in total. The highest BCUT2D eigenvalue weighted by atomic mass is 16.4. The van der Waals surface area contributed by atoms with E-state index in [9.17, 15) is 24.6 Å². The summed E-state index contributed by atoms with van der Waals surface area (Å²) in [6, 6.07) is -1.63. The molecular weight excluding hydrogens is 288 g/mol. The maximum absolute atomic E-state index is 12.7. The molecule has 1 rings (SSSR count). The van der Waals surface area contributed by atoms with Crippen LogP contribution in [0.1, 0.15) is 46.5 Å². The molecule has 7 nitrogen and oxygen atoms in total. The molecule has 0 aromatic heterocycles. The fourth-order valence-corrected chi connectivity index (χ4v) is 2.58. The first-order valence-electron chi connectivity index (χ1n) is 7.85. The summed E-state index contributed by atoms with van der Waals surface area (Å²) in [5.41, 5.74) is 0. The molecule has 0 aromatic rings. The van der Waals surface area contributed by atoms with Crippen LogP contribution < -0.4 is 5.32 Å². The Morgan fingerprint density at radius 2 is 1.91 bits per heavy atom. The minimum atomic E-state index is -1.16. The van der Waals surface area contributed by atoms with Crippen molar-refractivity contribution in [2.45, 2.75) is 64.6 Å². The predicted molar refractivity (Wildman–Crippen MR) is 80.1 cm³/mol. The maximum atomic E-state index is 12.7. The summed E-state index contributed by atoms with van der Waals surface area (Å²) in [6.45, 7) is 5.78. The van der Waals surface area contributed by atoms with Crippen LogP contribution in [0.25, 0.3) is 0 Å². The minimum absolute atomic E-state index is 0.143. The zero-order chi connectivity index (χ0) is 16.9. The van der Waals surface area contributed by atoms with Crippen molar-refractivity contribution in [1.82, 2.24) is 10.2 Å². The third kappa shape index (κ3) is 4.19. The third-order valence-corrected chi connectivity index (χ3v) is 4.29. The molecule has 1 heterocycles.